The first-order valence-corrected chi connectivity index (χ1v) is 8.94. The lowest BCUT2D eigenvalue weighted by molar-refractivity contribution is -0.120. The number of aromatic nitrogens is 6. The molecule has 1 N–H and O–H groups in total. The SMILES string of the molecule is CCn1nnc2c(N3CC(C(=O)Nc4cc(C(C)(C)C)no4)C3)ncnc21. The fourth-order valence-corrected chi connectivity index (χ4v) is 2.95. The van der Waals surface area contributed by atoms with Gasteiger partial charge in [-0.15, -0.1) is 5.10 Å². The van der Waals surface area contributed by atoms with E-state index < -0.39 is 0 Å². The van der Waals surface area contributed by atoms with Crippen LogP contribution in [0.2, 0.25) is 0 Å². The number of rotatable bonds is 4. The van der Waals surface area contributed by atoms with E-state index in [9.17, 15) is 4.79 Å². The minimum absolute atomic E-state index is 0.0922. The van der Waals surface area contributed by atoms with Gasteiger partial charge in [0.25, 0.3) is 0 Å². The maximum Gasteiger partial charge on any atom is 0.233 e. The first kappa shape index (κ1) is 17.4. The molecule has 0 spiro atoms. The summed E-state index contributed by atoms with van der Waals surface area (Å²) in [6, 6.07) is 1.77. The molecule has 142 valence electrons. The molecule has 1 aliphatic heterocycles. The molecular formula is C17H22N8O2. The van der Waals surface area contributed by atoms with Crippen molar-refractivity contribution >= 4 is 28.8 Å². The largest absolute Gasteiger partial charge is 0.353 e. The summed E-state index contributed by atoms with van der Waals surface area (Å²) in [6.07, 6.45) is 1.50. The molecule has 4 rings (SSSR count). The Balaban J connectivity index is 1.41. The number of carbonyl (C=O) groups excluding carboxylic acids is 1. The van der Waals surface area contributed by atoms with E-state index in [1.807, 2.05) is 32.6 Å². The van der Waals surface area contributed by atoms with Crippen molar-refractivity contribution in [2.24, 2.45) is 5.92 Å². The lowest BCUT2D eigenvalue weighted by atomic mass is 9.92. The quantitative estimate of drug-likeness (QED) is 0.736. The first-order chi connectivity index (χ1) is 12.9. The standard InChI is InChI=1S/C17H22N8O2/c1-5-25-15-13(21-23-25)14(18-9-19-15)24-7-10(8-24)16(26)20-12-6-11(22-27-12)17(2,3)4/h6,9-10H,5,7-8H2,1-4H3,(H,20,26). The Morgan fingerprint density at radius 1 is 1.33 bits per heavy atom. The summed E-state index contributed by atoms with van der Waals surface area (Å²) in [4.78, 5) is 23.0. The Morgan fingerprint density at radius 2 is 2.11 bits per heavy atom. The van der Waals surface area contributed by atoms with Gasteiger partial charge in [-0.2, -0.15) is 0 Å². The van der Waals surface area contributed by atoms with E-state index >= 15 is 0 Å². The van der Waals surface area contributed by atoms with Crippen molar-refractivity contribution in [2.45, 2.75) is 39.7 Å². The van der Waals surface area contributed by atoms with Crippen molar-refractivity contribution in [2.75, 3.05) is 23.3 Å². The van der Waals surface area contributed by atoms with E-state index in [1.54, 1.807) is 10.7 Å². The third-order valence-electron chi connectivity index (χ3n) is 4.66. The maximum atomic E-state index is 12.5. The van der Waals surface area contributed by atoms with Crippen molar-refractivity contribution in [3.63, 3.8) is 0 Å². The van der Waals surface area contributed by atoms with E-state index in [4.69, 9.17) is 4.52 Å². The summed E-state index contributed by atoms with van der Waals surface area (Å²) in [7, 11) is 0. The number of nitrogens with zero attached hydrogens (tertiary/aromatic N) is 7. The molecule has 0 bridgehead atoms. The molecule has 4 heterocycles. The van der Waals surface area contributed by atoms with Gasteiger partial charge in [-0.05, 0) is 6.92 Å². The monoisotopic (exact) mass is 370 g/mol. The fraction of sp³-hybridized carbons (Fsp3) is 0.529. The Hall–Kier alpha value is -3.04. The van der Waals surface area contributed by atoms with E-state index in [0.717, 1.165) is 5.69 Å². The number of fused-ring (bicyclic) bond motifs is 1. The Bertz CT molecular complexity index is 980. The molecule has 10 heteroatoms. The molecule has 3 aromatic rings. The summed E-state index contributed by atoms with van der Waals surface area (Å²) in [5, 5.41) is 15.1. The van der Waals surface area contributed by atoms with Crippen LogP contribution < -0.4 is 10.2 Å². The van der Waals surface area contributed by atoms with Crippen molar-refractivity contribution < 1.29 is 9.32 Å². The van der Waals surface area contributed by atoms with Gasteiger partial charge in [-0.1, -0.05) is 31.1 Å². The highest BCUT2D eigenvalue weighted by atomic mass is 16.5. The molecule has 27 heavy (non-hydrogen) atoms. The average Bonchev–Trinajstić information content (AvgIpc) is 3.20. The van der Waals surface area contributed by atoms with Gasteiger partial charge in [0.15, 0.2) is 17.0 Å². The van der Waals surface area contributed by atoms with E-state index in [1.165, 1.54) is 6.33 Å². The van der Waals surface area contributed by atoms with Gasteiger partial charge in [-0.3, -0.25) is 10.1 Å². The topological polar surface area (TPSA) is 115 Å². The predicted molar refractivity (Wildman–Crippen MR) is 98.3 cm³/mol. The number of aryl methyl sites for hydroxylation is 1. The van der Waals surface area contributed by atoms with Gasteiger partial charge in [0.2, 0.25) is 11.8 Å². The first-order valence-electron chi connectivity index (χ1n) is 8.94. The molecule has 0 aliphatic carbocycles. The zero-order valence-electron chi connectivity index (χ0n) is 15.8. The molecule has 10 nitrogen and oxygen atoms in total. The third kappa shape index (κ3) is 3.11. The van der Waals surface area contributed by atoms with Crippen LogP contribution in [-0.4, -0.2) is 49.1 Å². The number of hydrogen-bond donors (Lipinski definition) is 1. The van der Waals surface area contributed by atoms with Gasteiger partial charge in [0, 0.05) is 31.1 Å². The minimum Gasteiger partial charge on any atom is -0.353 e. The normalized spacial score (nSPS) is 15.2. The van der Waals surface area contributed by atoms with Crippen LogP contribution in [0.25, 0.3) is 11.2 Å². The third-order valence-corrected chi connectivity index (χ3v) is 4.66. The van der Waals surface area contributed by atoms with Gasteiger partial charge >= 0.3 is 0 Å². The van der Waals surface area contributed by atoms with Crippen LogP contribution in [-0.2, 0) is 16.8 Å². The number of carbonyl (C=O) groups is 1. The van der Waals surface area contributed by atoms with Gasteiger partial charge < -0.3 is 9.42 Å². The predicted octanol–water partition coefficient (Wildman–Crippen LogP) is 1.60. The maximum absolute atomic E-state index is 12.5. The molecule has 0 atom stereocenters. The summed E-state index contributed by atoms with van der Waals surface area (Å²) in [6.45, 7) is 9.89. The minimum atomic E-state index is -0.153. The summed E-state index contributed by atoms with van der Waals surface area (Å²) in [5.41, 5.74) is 2.03. The molecule has 0 saturated carbocycles. The van der Waals surface area contributed by atoms with Crippen LogP contribution in [0.3, 0.4) is 0 Å². The molecule has 1 amide bonds. The zero-order chi connectivity index (χ0) is 19.2. The van der Waals surface area contributed by atoms with E-state index in [0.29, 0.717) is 42.5 Å². The molecular weight excluding hydrogens is 348 g/mol. The Kier molecular flexibility index (Phi) is 4.05. The van der Waals surface area contributed by atoms with E-state index in [2.05, 4.69) is 30.8 Å². The number of hydrogen-bond acceptors (Lipinski definition) is 8. The van der Waals surface area contributed by atoms with Crippen molar-refractivity contribution in [3.05, 3.63) is 18.1 Å². The van der Waals surface area contributed by atoms with Crippen molar-refractivity contribution in [3.8, 4) is 0 Å². The molecule has 1 aliphatic rings. The highest BCUT2D eigenvalue weighted by Gasteiger charge is 2.35. The lowest BCUT2D eigenvalue weighted by Gasteiger charge is -2.38. The van der Waals surface area contributed by atoms with Gasteiger partial charge in [0.1, 0.15) is 6.33 Å². The van der Waals surface area contributed by atoms with Crippen LogP contribution in [0.1, 0.15) is 33.4 Å². The second-order valence-electron chi connectivity index (χ2n) is 7.69. The molecule has 3 aromatic heterocycles. The van der Waals surface area contributed by atoms with Crippen LogP contribution in [0.15, 0.2) is 16.9 Å². The second-order valence-corrected chi connectivity index (χ2v) is 7.69. The van der Waals surface area contributed by atoms with Gasteiger partial charge in [-0.25, -0.2) is 14.6 Å². The summed E-state index contributed by atoms with van der Waals surface area (Å²) >= 11 is 0. The molecule has 1 saturated heterocycles. The number of anilines is 2. The number of amides is 1. The molecule has 0 aromatic carbocycles. The van der Waals surface area contributed by atoms with Crippen molar-refractivity contribution in [1.29, 1.82) is 0 Å². The van der Waals surface area contributed by atoms with Crippen LogP contribution in [0, 0.1) is 5.92 Å². The zero-order valence-corrected chi connectivity index (χ0v) is 15.8. The molecule has 0 unspecified atom stereocenters. The number of nitrogens with one attached hydrogen (secondary N) is 1. The van der Waals surface area contributed by atoms with Crippen molar-refractivity contribution in [1.82, 2.24) is 30.1 Å². The Labute approximate surface area is 155 Å². The van der Waals surface area contributed by atoms with Gasteiger partial charge in [0.05, 0.1) is 11.6 Å². The summed E-state index contributed by atoms with van der Waals surface area (Å²) < 4.78 is 6.95. The highest BCUT2D eigenvalue weighted by Crippen LogP contribution is 2.29. The lowest BCUT2D eigenvalue weighted by Crippen LogP contribution is -2.52. The molecule has 0 radical (unpaired) electrons. The van der Waals surface area contributed by atoms with Crippen LogP contribution >= 0.6 is 0 Å². The average molecular weight is 370 g/mol. The fourth-order valence-electron chi connectivity index (χ4n) is 2.95. The summed E-state index contributed by atoms with van der Waals surface area (Å²) in [5.74, 6) is 0.835. The Morgan fingerprint density at radius 3 is 2.78 bits per heavy atom. The second kappa shape index (κ2) is 6.29. The molecule has 1 fully saturated rings. The van der Waals surface area contributed by atoms with E-state index in [-0.39, 0.29) is 17.2 Å². The van der Waals surface area contributed by atoms with Crippen LogP contribution in [0.4, 0.5) is 11.7 Å². The smallest absolute Gasteiger partial charge is 0.233 e. The van der Waals surface area contributed by atoms with Crippen LogP contribution in [0.5, 0.6) is 0 Å². The highest BCUT2D eigenvalue weighted by molar-refractivity contribution is 5.94.